The minimum Gasteiger partial charge on any atom is -0.478 e. The van der Waals surface area contributed by atoms with Crippen LogP contribution in [0.2, 0.25) is 0 Å². The van der Waals surface area contributed by atoms with Gasteiger partial charge >= 0.3 is 11.9 Å². The molecule has 0 aromatic heterocycles. The SMILES string of the molecule is Cc1c(C(=O)O)ccc(C(=O)c2ccc([N+](=O)[O-])cc2)c1C(=O)O. The quantitative estimate of drug-likeness (QED) is 0.489. The van der Waals surface area contributed by atoms with Gasteiger partial charge in [-0.15, -0.1) is 0 Å². The zero-order valence-electron chi connectivity index (χ0n) is 12.3. The van der Waals surface area contributed by atoms with Crippen molar-refractivity contribution in [2.24, 2.45) is 0 Å². The van der Waals surface area contributed by atoms with Crippen LogP contribution in [0.1, 0.15) is 42.2 Å². The molecule has 0 heterocycles. The average molecular weight is 329 g/mol. The van der Waals surface area contributed by atoms with E-state index in [0.29, 0.717) is 0 Å². The topological polar surface area (TPSA) is 135 Å². The fraction of sp³-hybridized carbons (Fsp3) is 0.0625. The summed E-state index contributed by atoms with van der Waals surface area (Å²) in [5, 5.41) is 29.0. The van der Waals surface area contributed by atoms with Gasteiger partial charge in [0.1, 0.15) is 0 Å². The molecule has 2 rings (SSSR count). The summed E-state index contributed by atoms with van der Waals surface area (Å²) in [5.41, 5.74) is -0.986. The Bertz CT molecular complexity index is 869. The Morgan fingerprint density at radius 1 is 0.917 bits per heavy atom. The number of hydrogen-bond donors (Lipinski definition) is 2. The molecule has 0 amide bonds. The van der Waals surface area contributed by atoms with Gasteiger partial charge < -0.3 is 10.2 Å². The molecule has 2 N–H and O–H groups in total. The number of carbonyl (C=O) groups is 3. The molecule has 0 radical (unpaired) electrons. The number of carboxylic acid groups (broad SMARTS) is 2. The van der Waals surface area contributed by atoms with E-state index < -0.39 is 28.2 Å². The number of aromatic carboxylic acids is 2. The smallest absolute Gasteiger partial charge is 0.336 e. The molecule has 0 saturated carbocycles. The molecule has 0 spiro atoms. The summed E-state index contributed by atoms with van der Waals surface area (Å²) in [5.74, 6) is -3.40. The second-order valence-electron chi connectivity index (χ2n) is 4.90. The molecule has 0 aliphatic carbocycles. The molecule has 2 aromatic carbocycles. The summed E-state index contributed by atoms with van der Waals surface area (Å²) in [6.07, 6.45) is 0. The highest BCUT2D eigenvalue weighted by Crippen LogP contribution is 2.23. The van der Waals surface area contributed by atoms with Crippen LogP contribution in [-0.2, 0) is 0 Å². The van der Waals surface area contributed by atoms with Crippen LogP contribution in [0.5, 0.6) is 0 Å². The van der Waals surface area contributed by atoms with Crippen LogP contribution in [0.25, 0.3) is 0 Å². The lowest BCUT2D eigenvalue weighted by Gasteiger charge is -2.11. The Labute approximate surface area is 135 Å². The molecule has 8 heteroatoms. The first-order chi connectivity index (χ1) is 11.2. The van der Waals surface area contributed by atoms with Crippen LogP contribution in [0.15, 0.2) is 36.4 Å². The Morgan fingerprint density at radius 2 is 1.46 bits per heavy atom. The Hall–Kier alpha value is -3.55. The van der Waals surface area contributed by atoms with Crippen molar-refractivity contribution in [2.45, 2.75) is 6.92 Å². The van der Waals surface area contributed by atoms with Gasteiger partial charge in [-0.25, -0.2) is 9.59 Å². The molecule has 24 heavy (non-hydrogen) atoms. The van der Waals surface area contributed by atoms with Crippen LogP contribution in [0.3, 0.4) is 0 Å². The average Bonchev–Trinajstić information content (AvgIpc) is 2.53. The molecular weight excluding hydrogens is 318 g/mol. The summed E-state index contributed by atoms with van der Waals surface area (Å²) in [6.45, 7) is 1.31. The molecule has 0 atom stereocenters. The fourth-order valence-corrected chi connectivity index (χ4v) is 2.30. The highest BCUT2D eigenvalue weighted by molar-refractivity contribution is 6.15. The van der Waals surface area contributed by atoms with E-state index in [1.807, 2.05) is 0 Å². The van der Waals surface area contributed by atoms with Crippen molar-refractivity contribution in [3.8, 4) is 0 Å². The van der Waals surface area contributed by atoms with Crippen LogP contribution >= 0.6 is 0 Å². The zero-order chi connectivity index (χ0) is 18.0. The number of benzene rings is 2. The van der Waals surface area contributed by atoms with Crippen LogP contribution in [0, 0.1) is 17.0 Å². The first-order valence-corrected chi connectivity index (χ1v) is 6.63. The monoisotopic (exact) mass is 329 g/mol. The van der Waals surface area contributed by atoms with Gasteiger partial charge in [-0.05, 0) is 36.8 Å². The standard InChI is InChI=1S/C16H11NO7/c1-8-11(15(19)20)6-7-12(13(8)16(21)22)14(18)9-2-4-10(5-3-9)17(23)24/h2-7H,1H3,(H,19,20)(H,21,22). The summed E-state index contributed by atoms with van der Waals surface area (Å²) >= 11 is 0. The predicted molar refractivity (Wildman–Crippen MR) is 81.6 cm³/mol. The first-order valence-electron chi connectivity index (χ1n) is 6.63. The van der Waals surface area contributed by atoms with E-state index in [4.69, 9.17) is 5.11 Å². The number of non-ortho nitro benzene ring substituents is 1. The third-order valence-electron chi connectivity index (χ3n) is 3.49. The van der Waals surface area contributed by atoms with E-state index in [1.54, 1.807) is 0 Å². The maximum absolute atomic E-state index is 12.5. The molecular formula is C16H11NO7. The number of rotatable bonds is 5. The Morgan fingerprint density at radius 3 is 1.92 bits per heavy atom. The third kappa shape index (κ3) is 2.98. The van der Waals surface area contributed by atoms with E-state index in [1.165, 1.54) is 19.1 Å². The Balaban J connectivity index is 2.57. The molecule has 0 unspecified atom stereocenters. The zero-order valence-corrected chi connectivity index (χ0v) is 12.3. The van der Waals surface area contributed by atoms with E-state index in [2.05, 4.69) is 0 Å². The molecule has 0 aliphatic rings. The second-order valence-corrected chi connectivity index (χ2v) is 4.90. The van der Waals surface area contributed by atoms with Crippen molar-refractivity contribution >= 4 is 23.4 Å². The van der Waals surface area contributed by atoms with Gasteiger partial charge in [0, 0.05) is 23.3 Å². The van der Waals surface area contributed by atoms with Gasteiger partial charge in [-0.3, -0.25) is 14.9 Å². The van der Waals surface area contributed by atoms with Gasteiger partial charge in [0.15, 0.2) is 5.78 Å². The molecule has 2 aromatic rings. The molecule has 122 valence electrons. The molecule has 0 fully saturated rings. The van der Waals surface area contributed by atoms with Gasteiger partial charge in [0.05, 0.1) is 16.1 Å². The van der Waals surface area contributed by atoms with Crippen molar-refractivity contribution in [3.63, 3.8) is 0 Å². The van der Waals surface area contributed by atoms with Crippen molar-refractivity contribution < 1.29 is 29.5 Å². The van der Waals surface area contributed by atoms with Crippen molar-refractivity contribution in [1.82, 2.24) is 0 Å². The predicted octanol–water partition coefficient (Wildman–Crippen LogP) is 2.53. The Kier molecular flexibility index (Phi) is 4.41. The van der Waals surface area contributed by atoms with Crippen molar-refractivity contribution in [2.75, 3.05) is 0 Å². The van der Waals surface area contributed by atoms with E-state index in [-0.39, 0.29) is 27.9 Å². The second kappa shape index (κ2) is 6.29. The number of carboxylic acids is 2. The van der Waals surface area contributed by atoms with Crippen LogP contribution in [0.4, 0.5) is 5.69 Å². The molecule has 8 nitrogen and oxygen atoms in total. The maximum atomic E-state index is 12.5. The number of nitrogens with zero attached hydrogens (tertiary/aromatic N) is 1. The lowest BCUT2D eigenvalue weighted by Crippen LogP contribution is -2.14. The number of nitro benzene ring substituents is 1. The van der Waals surface area contributed by atoms with E-state index >= 15 is 0 Å². The highest BCUT2D eigenvalue weighted by atomic mass is 16.6. The van der Waals surface area contributed by atoms with Crippen molar-refractivity contribution in [3.05, 3.63) is 74.3 Å². The normalized spacial score (nSPS) is 10.2. The number of carbonyl (C=O) groups excluding carboxylic acids is 1. The summed E-state index contributed by atoms with van der Waals surface area (Å²) in [7, 11) is 0. The minimum atomic E-state index is -1.43. The lowest BCUT2D eigenvalue weighted by molar-refractivity contribution is -0.384. The number of ketones is 1. The lowest BCUT2D eigenvalue weighted by atomic mass is 9.92. The van der Waals surface area contributed by atoms with Gasteiger partial charge in [-0.1, -0.05) is 0 Å². The van der Waals surface area contributed by atoms with E-state index in [0.717, 1.165) is 24.3 Å². The van der Waals surface area contributed by atoms with Crippen molar-refractivity contribution in [1.29, 1.82) is 0 Å². The highest BCUT2D eigenvalue weighted by Gasteiger charge is 2.24. The van der Waals surface area contributed by atoms with Gasteiger partial charge in [-0.2, -0.15) is 0 Å². The molecule has 0 saturated heterocycles. The summed E-state index contributed by atoms with van der Waals surface area (Å²) in [4.78, 5) is 45.1. The third-order valence-corrected chi connectivity index (χ3v) is 3.49. The summed E-state index contributed by atoms with van der Waals surface area (Å²) in [6, 6.07) is 6.98. The number of hydrogen-bond acceptors (Lipinski definition) is 5. The number of nitro groups is 1. The van der Waals surface area contributed by atoms with Crippen LogP contribution in [-0.4, -0.2) is 32.9 Å². The van der Waals surface area contributed by atoms with Crippen LogP contribution < -0.4 is 0 Å². The fourth-order valence-electron chi connectivity index (χ4n) is 2.30. The molecule has 0 aliphatic heterocycles. The first kappa shape index (κ1) is 16.8. The van der Waals surface area contributed by atoms with E-state index in [9.17, 15) is 29.6 Å². The van der Waals surface area contributed by atoms with Gasteiger partial charge in [0.25, 0.3) is 5.69 Å². The largest absolute Gasteiger partial charge is 0.478 e. The maximum Gasteiger partial charge on any atom is 0.336 e. The summed E-state index contributed by atoms with van der Waals surface area (Å²) < 4.78 is 0. The van der Waals surface area contributed by atoms with Gasteiger partial charge in [0.2, 0.25) is 0 Å². The minimum absolute atomic E-state index is 0.0391. The molecule has 0 bridgehead atoms.